The highest BCUT2D eigenvalue weighted by atomic mass is 16.5. The van der Waals surface area contributed by atoms with Crippen molar-refractivity contribution >= 4 is 5.95 Å². The summed E-state index contributed by atoms with van der Waals surface area (Å²) in [6.45, 7) is 2.54. The zero-order chi connectivity index (χ0) is 14.5. The van der Waals surface area contributed by atoms with Crippen molar-refractivity contribution in [2.45, 2.75) is 12.5 Å². The van der Waals surface area contributed by atoms with Crippen molar-refractivity contribution < 1.29 is 14.6 Å². The minimum Gasteiger partial charge on any atom is -0.467 e. The minimum absolute atomic E-state index is 0.154. The minimum atomic E-state index is -0.906. The highest BCUT2D eigenvalue weighted by Gasteiger charge is 2.21. The number of nitrogens with one attached hydrogen (secondary N) is 1. The van der Waals surface area contributed by atoms with Crippen LogP contribution in [0.5, 0.6) is 12.0 Å². The number of aliphatic hydroxyl groups is 1. The summed E-state index contributed by atoms with van der Waals surface area (Å²) in [5.41, 5.74) is -0.906. The predicted molar refractivity (Wildman–Crippen MR) is 70.6 cm³/mol. The zero-order valence-corrected chi connectivity index (χ0v) is 12.0. The monoisotopic (exact) mass is 271 g/mol. The molecular weight excluding hydrogens is 250 g/mol. The van der Waals surface area contributed by atoms with Gasteiger partial charge in [0.15, 0.2) is 0 Å². The van der Waals surface area contributed by atoms with Gasteiger partial charge in [-0.2, -0.15) is 9.97 Å². The summed E-state index contributed by atoms with van der Waals surface area (Å²) >= 11 is 0. The van der Waals surface area contributed by atoms with Gasteiger partial charge in [-0.25, -0.2) is 0 Å². The molecular formula is C11H21N5O3. The fourth-order valence-electron chi connectivity index (χ4n) is 1.61. The lowest BCUT2D eigenvalue weighted by Crippen LogP contribution is -2.43. The Balaban J connectivity index is 2.71. The molecule has 0 bridgehead atoms. The van der Waals surface area contributed by atoms with Gasteiger partial charge in [-0.3, -0.25) is 0 Å². The van der Waals surface area contributed by atoms with Gasteiger partial charge >= 0.3 is 12.0 Å². The second-order valence-corrected chi connectivity index (χ2v) is 4.72. The van der Waals surface area contributed by atoms with Gasteiger partial charge in [-0.15, -0.1) is 4.98 Å². The fraction of sp³-hybridized carbons (Fsp3) is 0.727. The molecule has 1 rings (SSSR count). The Morgan fingerprint density at radius 1 is 1.16 bits per heavy atom. The summed E-state index contributed by atoms with van der Waals surface area (Å²) in [4.78, 5) is 13.8. The van der Waals surface area contributed by atoms with Crippen LogP contribution in [0.2, 0.25) is 0 Å². The van der Waals surface area contributed by atoms with Crippen molar-refractivity contribution in [3.05, 3.63) is 0 Å². The standard InChI is InChI=1S/C11H21N5O3/c1-11(17,7-16(2)3)6-12-8-13-9(18-4)15-10(14-8)19-5/h17H,6-7H2,1-5H3,(H,12,13,14,15). The SMILES string of the molecule is COc1nc(NCC(C)(O)CN(C)C)nc(OC)n1. The fourth-order valence-corrected chi connectivity index (χ4v) is 1.61. The third kappa shape index (κ3) is 5.23. The van der Waals surface area contributed by atoms with Crippen LogP contribution in [0.1, 0.15) is 6.92 Å². The van der Waals surface area contributed by atoms with Gasteiger partial charge in [0.05, 0.1) is 19.8 Å². The van der Waals surface area contributed by atoms with E-state index >= 15 is 0 Å². The highest BCUT2D eigenvalue weighted by molar-refractivity contribution is 5.28. The van der Waals surface area contributed by atoms with E-state index in [0.717, 1.165) is 0 Å². The molecule has 1 heterocycles. The molecule has 108 valence electrons. The van der Waals surface area contributed by atoms with Gasteiger partial charge in [-0.05, 0) is 21.0 Å². The summed E-state index contributed by atoms with van der Waals surface area (Å²) in [5, 5.41) is 13.1. The second-order valence-electron chi connectivity index (χ2n) is 4.72. The lowest BCUT2D eigenvalue weighted by atomic mass is 10.1. The van der Waals surface area contributed by atoms with Crippen LogP contribution in [0.25, 0.3) is 0 Å². The number of rotatable bonds is 7. The van der Waals surface area contributed by atoms with Crippen molar-refractivity contribution in [2.75, 3.05) is 46.7 Å². The summed E-state index contributed by atoms with van der Waals surface area (Å²) in [5.74, 6) is 0.294. The van der Waals surface area contributed by atoms with E-state index in [1.807, 2.05) is 19.0 Å². The Labute approximate surface area is 112 Å². The first-order valence-electron chi connectivity index (χ1n) is 5.81. The summed E-state index contributed by atoms with van der Waals surface area (Å²) in [6, 6.07) is 0.309. The topological polar surface area (TPSA) is 92.6 Å². The van der Waals surface area contributed by atoms with E-state index in [4.69, 9.17) is 9.47 Å². The quantitative estimate of drug-likeness (QED) is 0.693. The molecule has 19 heavy (non-hydrogen) atoms. The average Bonchev–Trinajstić information content (AvgIpc) is 2.34. The number of hydrogen-bond acceptors (Lipinski definition) is 8. The molecule has 1 unspecified atom stereocenters. The lowest BCUT2D eigenvalue weighted by molar-refractivity contribution is 0.0458. The lowest BCUT2D eigenvalue weighted by Gasteiger charge is -2.27. The molecule has 0 aliphatic heterocycles. The molecule has 1 aromatic rings. The largest absolute Gasteiger partial charge is 0.467 e. The van der Waals surface area contributed by atoms with E-state index in [9.17, 15) is 5.11 Å². The van der Waals surface area contributed by atoms with Gasteiger partial charge in [-0.1, -0.05) is 0 Å². The molecule has 0 aliphatic rings. The number of aromatic nitrogens is 3. The van der Waals surface area contributed by atoms with Crippen molar-refractivity contribution in [1.82, 2.24) is 19.9 Å². The smallest absolute Gasteiger partial charge is 0.324 e. The zero-order valence-electron chi connectivity index (χ0n) is 12.0. The Morgan fingerprint density at radius 3 is 2.11 bits per heavy atom. The van der Waals surface area contributed by atoms with E-state index < -0.39 is 5.60 Å². The third-order valence-corrected chi connectivity index (χ3v) is 2.24. The Bertz CT molecular complexity index is 389. The Hall–Kier alpha value is -1.67. The number of anilines is 1. The summed E-state index contributed by atoms with van der Waals surface area (Å²) in [7, 11) is 6.70. The van der Waals surface area contributed by atoms with E-state index in [1.165, 1.54) is 14.2 Å². The molecule has 0 aromatic carbocycles. The molecule has 0 spiro atoms. The van der Waals surface area contributed by atoms with Crippen molar-refractivity contribution in [3.8, 4) is 12.0 Å². The third-order valence-electron chi connectivity index (χ3n) is 2.24. The Morgan fingerprint density at radius 2 is 1.68 bits per heavy atom. The molecule has 2 N–H and O–H groups in total. The van der Waals surface area contributed by atoms with Crippen LogP contribution in [0.3, 0.4) is 0 Å². The van der Waals surface area contributed by atoms with Crippen molar-refractivity contribution in [2.24, 2.45) is 0 Å². The molecule has 0 aliphatic carbocycles. The highest BCUT2D eigenvalue weighted by Crippen LogP contribution is 2.13. The van der Waals surface area contributed by atoms with E-state index in [-0.39, 0.29) is 12.0 Å². The first-order chi connectivity index (χ1) is 8.86. The maximum Gasteiger partial charge on any atom is 0.324 e. The van der Waals surface area contributed by atoms with E-state index in [2.05, 4.69) is 20.3 Å². The molecule has 1 atom stereocenters. The van der Waals surface area contributed by atoms with Gasteiger partial charge in [0.1, 0.15) is 0 Å². The second kappa shape index (κ2) is 6.48. The molecule has 8 heteroatoms. The van der Waals surface area contributed by atoms with Crippen LogP contribution in [-0.4, -0.2) is 72.0 Å². The van der Waals surface area contributed by atoms with Gasteiger partial charge in [0, 0.05) is 13.1 Å². The average molecular weight is 271 g/mol. The number of hydrogen-bond donors (Lipinski definition) is 2. The summed E-state index contributed by atoms with van der Waals surface area (Å²) < 4.78 is 9.88. The molecule has 0 saturated heterocycles. The molecule has 0 fully saturated rings. The number of ether oxygens (including phenoxy) is 2. The first-order valence-corrected chi connectivity index (χ1v) is 5.81. The van der Waals surface area contributed by atoms with Gasteiger partial charge in [0.2, 0.25) is 5.95 Å². The van der Waals surface area contributed by atoms with E-state index in [1.54, 1.807) is 6.92 Å². The molecule has 8 nitrogen and oxygen atoms in total. The van der Waals surface area contributed by atoms with Crippen LogP contribution in [0, 0.1) is 0 Å². The van der Waals surface area contributed by atoms with Crippen LogP contribution >= 0.6 is 0 Å². The number of methoxy groups -OCH3 is 2. The molecule has 1 aromatic heterocycles. The predicted octanol–water partition coefficient (Wildman–Crippen LogP) is -0.387. The molecule has 0 saturated carbocycles. The molecule has 0 amide bonds. The van der Waals surface area contributed by atoms with Gasteiger partial charge in [0.25, 0.3) is 0 Å². The van der Waals surface area contributed by atoms with Crippen LogP contribution < -0.4 is 14.8 Å². The number of likely N-dealkylation sites (N-methyl/N-ethyl adjacent to an activating group) is 1. The maximum atomic E-state index is 10.2. The molecule has 0 radical (unpaired) electrons. The Kier molecular flexibility index (Phi) is 5.25. The number of nitrogens with zero attached hydrogens (tertiary/aromatic N) is 4. The van der Waals surface area contributed by atoms with E-state index in [0.29, 0.717) is 19.0 Å². The normalized spacial score (nSPS) is 14.1. The van der Waals surface area contributed by atoms with Crippen LogP contribution in [-0.2, 0) is 0 Å². The van der Waals surface area contributed by atoms with Crippen LogP contribution in [0.15, 0.2) is 0 Å². The van der Waals surface area contributed by atoms with Crippen molar-refractivity contribution in [1.29, 1.82) is 0 Å². The maximum absolute atomic E-state index is 10.2. The van der Waals surface area contributed by atoms with Gasteiger partial charge < -0.3 is 24.8 Å². The van der Waals surface area contributed by atoms with Crippen molar-refractivity contribution in [3.63, 3.8) is 0 Å². The first kappa shape index (κ1) is 15.4. The summed E-state index contributed by atoms with van der Waals surface area (Å²) in [6.07, 6.45) is 0. The van der Waals surface area contributed by atoms with Crippen LogP contribution in [0.4, 0.5) is 5.95 Å².